The molecule has 0 unspecified atom stereocenters. The number of urea groups is 1. The first-order valence-corrected chi connectivity index (χ1v) is 7.70. The molecule has 0 radical (unpaired) electrons. The minimum Gasteiger partial charge on any atom is -0.344 e. The fourth-order valence-electron chi connectivity index (χ4n) is 1.87. The number of anilines is 3. The van der Waals surface area contributed by atoms with E-state index in [1.54, 1.807) is 0 Å². The van der Waals surface area contributed by atoms with Gasteiger partial charge in [-0.15, -0.1) is 0 Å². The zero-order valence-corrected chi connectivity index (χ0v) is 13.9. The number of nitrogens with one attached hydrogen (secondary N) is 4. The van der Waals surface area contributed by atoms with E-state index in [1.807, 2.05) is 18.2 Å². The average molecular weight is 320 g/mol. The van der Waals surface area contributed by atoms with Gasteiger partial charge in [-0.05, 0) is 34.6 Å². The molecule has 2 amide bonds. The molecule has 0 bridgehead atoms. The van der Waals surface area contributed by atoms with E-state index in [2.05, 4.69) is 47.2 Å². The normalized spacial score (nSPS) is 11.1. The van der Waals surface area contributed by atoms with E-state index < -0.39 is 6.03 Å². The summed E-state index contributed by atoms with van der Waals surface area (Å²) in [6.07, 6.45) is 0. The average Bonchev–Trinajstić information content (AvgIpc) is 2.79. The molecular formula is C15H20N4O2S. The Hall–Kier alpha value is -2.28. The van der Waals surface area contributed by atoms with Crippen LogP contribution in [0.4, 0.5) is 21.2 Å². The molecule has 0 atom stereocenters. The maximum Gasteiger partial charge on any atom is 0.319 e. The third kappa shape index (κ3) is 3.67. The summed E-state index contributed by atoms with van der Waals surface area (Å²) < 4.78 is 2.61. The first kappa shape index (κ1) is 16.1. The molecule has 2 aromatic rings. The lowest BCUT2D eigenvalue weighted by Crippen LogP contribution is -2.27. The van der Waals surface area contributed by atoms with Gasteiger partial charge in [-0.2, -0.15) is 0 Å². The molecular weight excluding hydrogens is 300 g/mol. The fourth-order valence-corrected chi connectivity index (χ4v) is 2.59. The Morgan fingerprint density at radius 2 is 2.00 bits per heavy atom. The second-order valence-electron chi connectivity index (χ2n) is 5.90. The monoisotopic (exact) mass is 320 g/mol. The van der Waals surface area contributed by atoms with E-state index in [0.717, 1.165) is 17.2 Å². The van der Waals surface area contributed by atoms with Crippen LogP contribution in [-0.2, 0) is 5.41 Å². The number of carbonyl (C=O) groups excluding carboxylic acids is 1. The Labute approximate surface area is 133 Å². The van der Waals surface area contributed by atoms with Gasteiger partial charge in [0.15, 0.2) is 0 Å². The molecule has 0 aliphatic rings. The molecule has 0 saturated heterocycles. The first-order valence-electron chi connectivity index (χ1n) is 6.89. The van der Waals surface area contributed by atoms with E-state index >= 15 is 0 Å². The fraction of sp³-hybridized carbons (Fsp3) is 0.333. The number of H-pyrrole nitrogens is 1. The molecule has 2 rings (SSSR count). The van der Waals surface area contributed by atoms with Crippen LogP contribution in [0.15, 0.2) is 29.1 Å². The van der Waals surface area contributed by atoms with Crippen LogP contribution in [0.5, 0.6) is 0 Å². The smallest absolute Gasteiger partial charge is 0.319 e. The predicted octanol–water partition coefficient (Wildman–Crippen LogP) is 3.23. The molecule has 1 heterocycles. The molecule has 22 heavy (non-hydrogen) atoms. The Morgan fingerprint density at radius 3 is 2.64 bits per heavy atom. The molecule has 0 aliphatic carbocycles. The van der Waals surface area contributed by atoms with Crippen LogP contribution in [0.2, 0.25) is 0 Å². The Bertz CT molecular complexity index is 728. The molecule has 0 spiro atoms. The van der Waals surface area contributed by atoms with Crippen LogP contribution in [0.25, 0.3) is 0 Å². The standard InChI is InChI=1S/C15H20N4O2S/c1-15(2,3)9-6-5-7-10(8-9)17-13-11(12(20)19-22-13)18-14(21)16-4/h5-8,17H,1-4H3,(H,19,20)(H2,16,18,21). The quantitative estimate of drug-likeness (QED) is 0.700. The van der Waals surface area contributed by atoms with Crippen LogP contribution in [0.1, 0.15) is 26.3 Å². The molecule has 0 saturated carbocycles. The van der Waals surface area contributed by atoms with Crippen molar-refractivity contribution in [3.63, 3.8) is 0 Å². The van der Waals surface area contributed by atoms with Gasteiger partial charge in [0.1, 0.15) is 10.7 Å². The lowest BCUT2D eigenvalue weighted by Gasteiger charge is -2.20. The summed E-state index contributed by atoms with van der Waals surface area (Å²) in [6.45, 7) is 6.41. The predicted molar refractivity (Wildman–Crippen MR) is 91.4 cm³/mol. The number of rotatable bonds is 3. The van der Waals surface area contributed by atoms with Gasteiger partial charge in [-0.1, -0.05) is 32.9 Å². The first-order chi connectivity index (χ1) is 10.3. The molecule has 1 aromatic heterocycles. The second-order valence-corrected chi connectivity index (χ2v) is 6.71. The van der Waals surface area contributed by atoms with Crippen molar-refractivity contribution in [2.75, 3.05) is 17.7 Å². The summed E-state index contributed by atoms with van der Waals surface area (Å²) in [5.74, 6) is 0. The third-order valence-electron chi connectivity index (χ3n) is 3.15. The number of hydrogen-bond acceptors (Lipinski definition) is 4. The molecule has 7 heteroatoms. The van der Waals surface area contributed by atoms with E-state index in [9.17, 15) is 9.59 Å². The highest BCUT2D eigenvalue weighted by Gasteiger charge is 2.16. The van der Waals surface area contributed by atoms with Gasteiger partial charge >= 0.3 is 6.03 Å². The summed E-state index contributed by atoms with van der Waals surface area (Å²) in [6, 6.07) is 7.55. The zero-order valence-electron chi connectivity index (χ0n) is 13.0. The highest BCUT2D eigenvalue weighted by Crippen LogP contribution is 2.29. The summed E-state index contributed by atoms with van der Waals surface area (Å²) in [4.78, 5) is 23.2. The van der Waals surface area contributed by atoms with Crippen molar-refractivity contribution in [2.45, 2.75) is 26.2 Å². The van der Waals surface area contributed by atoms with Crippen molar-refractivity contribution in [1.82, 2.24) is 9.69 Å². The van der Waals surface area contributed by atoms with Gasteiger partial charge in [0.05, 0.1) is 0 Å². The van der Waals surface area contributed by atoms with Crippen molar-refractivity contribution < 1.29 is 4.79 Å². The molecule has 1 aromatic carbocycles. The summed E-state index contributed by atoms with van der Waals surface area (Å²) >= 11 is 1.15. The van der Waals surface area contributed by atoms with E-state index in [-0.39, 0.29) is 16.7 Å². The van der Waals surface area contributed by atoms with Crippen LogP contribution >= 0.6 is 11.5 Å². The van der Waals surface area contributed by atoms with E-state index in [0.29, 0.717) is 5.00 Å². The molecule has 4 N–H and O–H groups in total. The number of carbonyl (C=O) groups is 1. The van der Waals surface area contributed by atoms with Crippen LogP contribution in [-0.4, -0.2) is 17.5 Å². The van der Waals surface area contributed by atoms with Gasteiger partial charge < -0.3 is 16.0 Å². The Kier molecular flexibility index (Phi) is 4.56. The van der Waals surface area contributed by atoms with E-state index in [1.165, 1.54) is 12.6 Å². The number of aromatic nitrogens is 1. The zero-order chi connectivity index (χ0) is 16.3. The van der Waals surface area contributed by atoms with Crippen LogP contribution in [0, 0.1) is 0 Å². The van der Waals surface area contributed by atoms with E-state index in [4.69, 9.17) is 0 Å². The molecule has 6 nitrogen and oxygen atoms in total. The number of benzene rings is 1. The lowest BCUT2D eigenvalue weighted by molar-refractivity contribution is 0.254. The third-order valence-corrected chi connectivity index (χ3v) is 3.95. The van der Waals surface area contributed by atoms with Gasteiger partial charge in [0.25, 0.3) is 5.56 Å². The number of amides is 2. The second kappa shape index (κ2) is 6.23. The molecule has 0 fully saturated rings. The highest BCUT2D eigenvalue weighted by molar-refractivity contribution is 7.11. The van der Waals surface area contributed by atoms with Crippen LogP contribution in [0.3, 0.4) is 0 Å². The Balaban J connectivity index is 2.28. The topological polar surface area (TPSA) is 86.0 Å². The number of hydrogen-bond donors (Lipinski definition) is 4. The lowest BCUT2D eigenvalue weighted by atomic mass is 9.87. The summed E-state index contributed by atoms with van der Waals surface area (Å²) in [5.41, 5.74) is 1.96. The van der Waals surface area contributed by atoms with Crippen molar-refractivity contribution in [3.8, 4) is 0 Å². The largest absolute Gasteiger partial charge is 0.344 e. The van der Waals surface area contributed by atoms with Crippen molar-refractivity contribution >= 4 is 33.9 Å². The number of aromatic amines is 1. The maximum absolute atomic E-state index is 11.8. The molecule has 118 valence electrons. The van der Waals surface area contributed by atoms with Gasteiger partial charge in [-0.3, -0.25) is 9.17 Å². The minimum atomic E-state index is -0.435. The van der Waals surface area contributed by atoms with Crippen molar-refractivity contribution in [2.24, 2.45) is 0 Å². The van der Waals surface area contributed by atoms with Crippen molar-refractivity contribution in [1.29, 1.82) is 0 Å². The summed E-state index contributed by atoms with van der Waals surface area (Å²) in [5, 5.41) is 8.70. The minimum absolute atomic E-state index is 0.0339. The highest BCUT2D eigenvalue weighted by atomic mass is 32.1. The van der Waals surface area contributed by atoms with Crippen LogP contribution < -0.4 is 21.5 Å². The molecule has 0 aliphatic heterocycles. The Morgan fingerprint density at radius 1 is 1.27 bits per heavy atom. The van der Waals surface area contributed by atoms with Gasteiger partial charge in [0.2, 0.25) is 0 Å². The van der Waals surface area contributed by atoms with Crippen molar-refractivity contribution in [3.05, 3.63) is 40.2 Å². The van der Waals surface area contributed by atoms with Gasteiger partial charge in [-0.25, -0.2) is 4.79 Å². The summed E-state index contributed by atoms with van der Waals surface area (Å²) in [7, 11) is 1.50. The van der Waals surface area contributed by atoms with Gasteiger partial charge in [0, 0.05) is 12.7 Å². The SMILES string of the molecule is CNC(=O)Nc1c(Nc2cccc(C(C)(C)C)c2)s[nH]c1=O. The maximum atomic E-state index is 11.8.